The van der Waals surface area contributed by atoms with Crippen molar-refractivity contribution >= 4 is 43.2 Å². The number of nitrogens with one attached hydrogen (secondary N) is 1. The highest BCUT2D eigenvalue weighted by atomic mass is 32.2. The molecule has 10 nitrogen and oxygen atoms in total. The first kappa shape index (κ1) is 22.7. The number of aryl methyl sites for hydroxylation is 1. The topological polar surface area (TPSA) is 170 Å². The Morgan fingerprint density at radius 3 is 2.52 bits per heavy atom. The molecule has 31 heavy (non-hydrogen) atoms. The van der Waals surface area contributed by atoms with Gasteiger partial charge in [-0.15, -0.1) is 0 Å². The van der Waals surface area contributed by atoms with Gasteiger partial charge in [-0.1, -0.05) is 12.1 Å². The average molecular weight is 467 g/mol. The van der Waals surface area contributed by atoms with Crippen molar-refractivity contribution in [2.45, 2.75) is 24.7 Å². The molecule has 1 aliphatic rings. The van der Waals surface area contributed by atoms with Crippen LogP contribution in [0.1, 0.15) is 18.4 Å². The van der Waals surface area contributed by atoms with E-state index in [1.165, 1.54) is 12.1 Å². The molecule has 0 saturated carbocycles. The zero-order valence-electron chi connectivity index (χ0n) is 16.3. The Bertz CT molecular complexity index is 1330. The van der Waals surface area contributed by atoms with Crippen LogP contribution in [0.5, 0.6) is 0 Å². The van der Waals surface area contributed by atoms with Crippen molar-refractivity contribution in [3.8, 4) is 0 Å². The van der Waals surface area contributed by atoms with E-state index in [2.05, 4.69) is 20.3 Å². The van der Waals surface area contributed by atoms with E-state index in [1.54, 1.807) is 25.1 Å². The number of halogens is 1. The zero-order chi connectivity index (χ0) is 22.8. The predicted molar refractivity (Wildman–Crippen MR) is 114 cm³/mol. The molecular weight excluding hydrogens is 447 g/mol. The number of primary sulfonamides is 2. The Morgan fingerprint density at radius 1 is 1.16 bits per heavy atom. The molecule has 0 spiro atoms. The highest BCUT2D eigenvalue weighted by Crippen LogP contribution is 2.24. The number of aromatic nitrogens is 2. The molecule has 1 aromatic carbocycles. The molecule has 0 unspecified atom stereocenters. The van der Waals surface area contributed by atoms with Gasteiger partial charge in [0.15, 0.2) is 11.6 Å². The minimum Gasteiger partial charge on any atom is -0.324 e. The smallest absolute Gasteiger partial charge is 0.238 e. The predicted octanol–water partition coefficient (Wildman–Crippen LogP) is 1.91. The van der Waals surface area contributed by atoms with E-state index in [9.17, 15) is 21.2 Å². The van der Waals surface area contributed by atoms with Crippen LogP contribution >= 0.6 is 0 Å². The second-order valence-corrected chi connectivity index (χ2v) is 9.68. The number of anilines is 2. The van der Waals surface area contributed by atoms with Gasteiger partial charge >= 0.3 is 0 Å². The highest BCUT2D eigenvalue weighted by molar-refractivity contribution is 7.92. The van der Waals surface area contributed by atoms with Gasteiger partial charge in [0.25, 0.3) is 0 Å². The number of aliphatic imine (C=N–C) groups is 1. The van der Waals surface area contributed by atoms with Crippen LogP contribution in [0.3, 0.4) is 0 Å². The molecular formula is C18H19FN6O4S2. The number of nitrogens with two attached hydrogens (primary N) is 2. The maximum Gasteiger partial charge on any atom is 0.238 e. The number of rotatable bonds is 5. The Labute approximate surface area is 178 Å². The number of benzene rings is 1. The molecule has 1 heterocycles. The first-order chi connectivity index (χ1) is 14.4. The van der Waals surface area contributed by atoms with Crippen molar-refractivity contribution in [1.29, 1.82) is 0 Å². The molecule has 3 rings (SSSR count). The third kappa shape index (κ3) is 6.24. The van der Waals surface area contributed by atoms with E-state index in [4.69, 9.17) is 10.3 Å². The lowest BCUT2D eigenvalue weighted by Gasteiger charge is -2.11. The van der Waals surface area contributed by atoms with Gasteiger partial charge in [0.05, 0.1) is 11.1 Å². The number of allylic oxidation sites excluding steroid dienone is 3. The first-order valence-electron chi connectivity index (χ1n) is 8.83. The summed E-state index contributed by atoms with van der Waals surface area (Å²) in [4.78, 5) is 12.0. The van der Waals surface area contributed by atoms with Crippen molar-refractivity contribution < 1.29 is 21.2 Å². The number of hydrogen-bond donors (Lipinski definition) is 3. The van der Waals surface area contributed by atoms with Crippen LogP contribution in [0.15, 0.2) is 57.4 Å². The Balaban J connectivity index is 1.86. The molecule has 0 amide bonds. The van der Waals surface area contributed by atoms with E-state index in [1.807, 2.05) is 0 Å². The SMILES string of the molecule is Cc1ccc(Nc2ncc(F)c(N=C3C=CC(=CS(N)(=O)=O)CC3)n2)cc1S(N)(=O)=O. The summed E-state index contributed by atoms with van der Waals surface area (Å²) in [6.07, 6.45) is 4.74. The van der Waals surface area contributed by atoms with Crippen LogP contribution in [-0.4, -0.2) is 32.5 Å². The van der Waals surface area contributed by atoms with Crippen molar-refractivity contribution in [2.24, 2.45) is 15.3 Å². The van der Waals surface area contributed by atoms with Crippen LogP contribution in [0.4, 0.5) is 21.8 Å². The van der Waals surface area contributed by atoms with Crippen molar-refractivity contribution in [3.63, 3.8) is 0 Å². The lowest BCUT2D eigenvalue weighted by atomic mass is 10.0. The molecule has 164 valence electrons. The van der Waals surface area contributed by atoms with Crippen LogP contribution in [0.25, 0.3) is 0 Å². The number of sulfonamides is 2. The fourth-order valence-electron chi connectivity index (χ4n) is 2.79. The quantitative estimate of drug-likeness (QED) is 0.604. The van der Waals surface area contributed by atoms with Crippen LogP contribution in [0.2, 0.25) is 0 Å². The maximum absolute atomic E-state index is 14.1. The molecule has 13 heteroatoms. The van der Waals surface area contributed by atoms with E-state index < -0.39 is 25.9 Å². The van der Waals surface area contributed by atoms with Crippen molar-refractivity contribution in [3.05, 3.63) is 58.9 Å². The summed E-state index contributed by atoms with van der Waals surface area (Å²) in [5.41, 5.74) is 1.81. The lowest BCUT2D eigenvalue weighted by molar-refractivity contribution is 0.597. The van der Waals surface area contributed by atoms with Crippen LogP contribution in [0, 0.1) is 12.7 Å². The normalized spacial score (nSPS) is 17.3. The highest BCUT2D eigenvalue weighted by Gasteiger charge is 2.14. The summed E-state index contributed by atoms with van der Waals surface area (Å²) < 4.78 is 59.8. The van der Waals surface area contributed by atoms with Gasteiger partial charge in [-0.3, -0.25) is 0 Å². The van der Waals surface area contributed by atoms with Gasteiger partial charge in [-0.25, -0.2) is 41.5 Å². The van der Waals surface area contributed by atoms with E-state index in [0.717, 1.165) is 11.6 Å². The summed E-state index contributed by atoms with van der Waals surface area (Å²) in [5.74, 6) is -0.985. The molecule has 0 fully saturated rings. The van der Waals surface area contributed by atoms with Crippen LogP contribution < -0.4 is 15.6 Å². The Morgan fingerprint density at radius 2 is 1.90 bits per heavy atom. The first-order valence-corrected chi connectivity index (χ1v) is 12.0. The van der Waals surface area contributed by atoms with Gasteiger partial charge in [-0.05, 0) is 49.1 Å². The summed E-state index contributed by atoms with van der Waals surface area (Å²) in [7, 11) is -7.66. The minimum absolute atomic E-state index is 0.000397. The maximum atomic E-state index is 14.1. The fourth-order valence-corrected chi connectivity index (χ4v) is 4.22. The Kier molecular flexibility index (Phi) is 6.31. The summed E-state index contributed by atoms with van der Waals surface area (Å²) in [5, 5.41) is 13.9. The van der Waals surface area contributed by atoms with Gasteiger partial charge in [0.1, 0.15) is 0 Å². The van der Waals surface area contributed by atoms with E-state index >= 15 is 0 Å². The Hall–Kier alpha value is -3.00. The average Bonchev–Trinajstić information content (AvgIpc) is 2.65. The van der Waals surface area contributed by atoms with Crippen molar-refractivity contribution in [1.82, 2.24) is 9.97 Å². The molecule has 2 aromatic rings. The zero-order valence-corrected chi connectivity index (χ0v) is 17.9. The summed E-state index contributed by atoms with van der Waals surface area (Å²) in [6, 6.07) is 4.49. The minimum atomic E-state index is -3.92. The standard InChI is InChI=1S/C18H19FN6O4S2/c1-11-2-5-14(8-16(11)31(21,28)29)24-18-22-9-15(19)17(25-18)23-13-6-3-12(4-7-13)10-30(20,26)27/h2-3,5-6,8-10H,4,7H2,1H3,(H2,20,26,27)(H2,21,28,29)(H,22,24,25). The largest absolute Gasteiger partial charge is 0.324 e. The van der Waals surface area contributed by atoms with Gasteiger partial charge < -0.3 is 5.32 Å². The van der Waals surface area contributed by atoms with Crippen LogP contribution in [-0.2, 0) is 20.0 Å². The molecule has 0 aliphatic heterocycles. The van der Waals surface area contributed by atoms with E-state index in [-0.39, 0.29) is 16.7 Å². The summed E-state index contributed by atoms with van der Waals surface area (Å²) in [6.45, 7) is 1.60. The number of hydrogen-bond acceptors (Lipinski definition) is 8. The summed E-state index contributed by atoms with van der Waals surface area (Å²) >= 11 is 0. The van der Waals surface area contributed by atoms with Gasteiger partial charge in [0.2, 0.25) is 26.0 Å². The third-order valence-corrected chi connectivity index (χ3v) is 5.89. The molecule has 5 N–H and O–H groups in total. The monoisotopic (exact) mass is 466 g/mol. The third-order valence-electron chi connectivity index (χ3n) is 4.20. The molecule has 1 aromatic heterocycles. The molecule has 1 aliphatic carbocycles. The second-order valence-electron chi connectivity index (χ2n) is 6.73. The second kappa shape index (κ2) is 8.63. The fraction of sp³-hybridized carbons (Fsp3) is 0.167. The van der Waals surface area contributed by atoms with Gasteiger partial charge in [0, 0.05) is 16.8 Å². The van der Waals surface area contributed by atoms with Gasteiger partial charge in [-0.2, -0.15) is 4.98 Å². The molecule has 0 radical (unpaired) electrons. The lowest BCUT2D eigenvalue weighted by Crippen LogP contribution is -2.14. The van der Waals surface area contributed by atoms with E-state index in [0.29, 0.717) is 35.4 Å². The van der Waals surface area contributed by atoms with Crippen molar-refractivity contribution in [2.75, 3.05) is 5.32 Å². The number of nitrogens with zero attached hydrogens (tertiary/aromatic N) is 3. The molecule has 0 bridgehead atoms. The molecule has 0 atom stereocenters. The molecule has 0 saturated heterocycles.